The van der Waals surface area contributed by atoms with Crippen molar-refractivity contribution in [2.75, 3.05) is 13.2 Å². The third kappa shape index (κ3) is 10.7. The zero-order chi connectivity index (χ0) is 19.3. The Morgan fingerprint density at radius 3 is 1.68 bits per heavy atom. The van der Waals surface area contributed by atoms with Crippen LogP contribution in [0.2, 0.25) is 0 Å². The molecule has 0 radical (unpaired) electrons. The fourth-order valence-corrected chi connectivity index (χ4v) is 1.65. The molecule has 0 fully saturated rings. The molecule has 0 bridgehead atoms. The maximum atomic E-state index is 12.0. The van der Waals surface area contributed by atoms with Crippen molar-refractivity contribution < 1.29 is 29.5 Å². The molecule has 0 N–H and O–H groups in total. The predicted molar refractivity (Wildman–Crippen MR) is 89.1 cm³/mol. The third-order valence-corrected chi connectivity index (χ3v) is 2.44. The molecule has 8 nitrogen and oxygen atoms in total. The Labute approximate surface area is 162 Å². The van der Waals surface area contributed by atoms with Gasteiger partial charge in [-0.25, -0.2) is 0 Å². The summed E-state index contributed by atoms with van der Waals surface area (Å²) in [5, 5.41) is 28.6. The van der Waals surface area contributed by atoms with E-state index >= 15 is 0 Å². The molecule has 25 heavy (non-hydrogen) atoms. The average molecular weight is 364 g/mol. The molecule has 0 aromatic heterocycles. The van der Waals surface area contributed by atoms with Gasteiger partial charge in [-0.15, -0.1) is 13.2 Å². The summed E-state index contributed by atoms with van der Waals surface area (Å²) in [4.78, 5) is 44.6. The van der Waals surface area contributed by atoms with Gasteiger partial charge in [0.25, 0.3) is 5.69 Å². The summed E-state index contributed by atoms with van der Waals surface area (Å²) in [6.07, 6.45) is 0. The first-order valence-corrected chi connectivity index (χ1v) is 7.14. The zero-order valence-corrected chi connectivity index (χ0v) is 16.2. The van der Waals surface area contributed by atoms with E-state index in [-0.39, 0.29) is 41.8 Å². The molecule has 0 heterocycles. The van der Waals surface area contributed by atoms with Crippen LogP contribution < -0.4 is 10.2 Å². The third-order valence-electron chi connectivity index (χ3n) is 2.44. The second-order valence-electron chi connectivity index (χ2n) is 4.37. The SMILES string of the molecule is CC(=O)C(C(C)=O)C(=O)c1ccccc1[N+](=O)[O-].CC[O-].CC[O-].[Mg+2]. The number of hydrogen-bond acceptors (Lipinski definition) is 7. The van der Waals surface area contributed by atoms with Gasteiger partial charge in [0.15, 0.2) is 5.78 Å². The maximum absolute atomic E-state index is 12.0. The van der Waals surface area contributed by atoms with E-state index in [9.17, 15) is 24.5 Å². The second-order valence-corrected chi connectivity index (χ2v) is 4.37. The van der Waals surface area contributed by atoms with Crippen molar-refractivity contribution in [3.63, 3.8) is 0 Å². The summed E-state index contributed by atoms with van der Waals surface area (Å²) in [5.74, 6) is -3.54. The van der Waals surface area contributed by atoms with Crippen LogP contribution >= 0.6 is 0 Å². The molecule has 0 atom stereocenters. The van der Waals surface area contributed by atoms with E-state index in [0.29, 0.717) is 0 Å². The Bertz CT molecular complexity index is 559. The molecule has 0 aliphatic rings. The molecule has 9 heteroatoms. The number of rotatable bonds is 5. The summed E-state index contributed by atoms with van der Waals surface area (Å²) in [6.45, 7) is 5.36. The fraction of sp³-hybridized carbons (Fsp3) is 0.438. The molecule has 0 saturated carbocycles. The van der Waals surface area contributed by atoms with E-state index in [1.807, 2.05) is 0 Å². The number of benzene rings is 1. The van der Waals surface area contributed by atoms with Gasteiger partial charge in [0.2, 0.25) is 0 Å². The number of Topliss-reactive ketones (excluding diaryl/α,β-unsaturated/α-hetero) is 3. The topological polar surface area (TPSA) is 140 Å². The van der Waals surface area contributed by atoms with Crippen molar-refractivity contribution in [3.8, 4) is 0 Å². The molecule has 0 aliphatic heterocycles. The van der Waals surface area contributed by atoms with E-state index in [4.69, 9.17) is 10.2 Å². The standard InChI is InChI=1S/C12H11NO5.2C2H5O.Mg/c1-7(14)11(8(2)15)12(16)9-5-3-4-6-10(9)13(17)18;2*1-2-3;/h3-6,11H,1-2H3;2*2H2,1H3;/q;2*-1;+2. The van der Waals surface area contributed by atoms with Gasteiger partial charge in [0.1, 0.15) is 17.5 Å². The minimum Gasteiger partial charge on any atom is -0.855 e. The first-order chi connectivity index (χ1) is 11.2. The normalized spacial score (nSPS) is 8.76. The van der Waals surface area contributed by atoms with Gasteiger partial charge >= 0.3 is 23.1 Å². The first kappa shape index (κ1) is 28.1. The Morgan fingerprint density at radius 1 is 1.00 bits per heavy atom. The number of para-hydroxylation sites is 1. The van der Waals surface area contributed by atoms with Crippen LogP contribution in [0, 0.1) is 16.0 Å². The van der Waals surface area contributed by atoms with Crippen LogP contribution in [0.4, 0.5) is 5.69 Å². The number of carbonyl (C=O) groups is 3. The number of ketones is 3. The van der Waals surface area contributed by atoms with Gasteiger partial charge in [0, 0.05) is 6.07 Å². The van der Waals surface area contributed by atoms with Gasteiger partial charge in [-0.3, -0.25) is 24.5 Å². The quantitative estimate of drug-likeness (QED) is 0.234. The molecule has 1 aromatic carbocycles. The predicted octanol–water partition coefficient (Wildman–Crippen LogP) is -0.0759. The maximum Gasteiger partial charge on any atom is 2.00 e. The van der Waals surface area contributed by atoms with Crippen LogP contribution in [-0.2, 0) is 9.59 Å². The second kappa shape index (κ2) is 15.8. The molecule has 0 aliphatic carbocycles. The van der Waals surface area contributed by atoms with E-state index in [1.54, 1.807) is 13.8 Å². The Balaban J connectivity index is -0.000000606. The Hall–Kier alpha value is -1.68. The largest absolute Gasteiger partial charge is 2.00 e. The molecular formula is C16H21MgNO7. The van der Waals surface area contributed by atoms with Crippen molar-refractivity contribution in [3.05, 3.63) is 39.9 Å². The van der Waals surface area contributed by atoms with E-state index in [2.05, 4.69) is 0 Å². The average Bonchev–Trinajstić information content (AvgIpc) is 2.48. The molecule has 1 rings (SSSR count). The van der Waals surface area contributed by atoms with Crippen LogP contribution in [0.25, 0.3) is 0 Å². The summed E-state index contributed by atoms with van der Waals surface area (Å²) in [6, 6.07) is 5.24. The monoisotopic (exact) mass is 363 g/mol. The van der Waals surface area contributed by atoms with Gasteiger partial charge in [-0.2, -0.15) is 0 Å². The van der Waals surface area contributed by atoms with Crippen molar-refractivity contribution in [2.24, 2.45) is 5.92 Å². The van der Waals surface area contributed by atoms with Crippen LogP contribution in [0.3, 0.4) is 0 Å². The molecule has 0 amide bonds. The van der Waals surface area contributed by atoms with Crippen molar-refractivity contribution in [1.29, 1.82) is 0 Å². The minimum absolute atomic E-state index is 0. The minimum atomic E-state index is -1.47. The van der Waals surface area contributed by atoms with Gasteiger partial charge in [0.05, 0.1) is 10.5 Å². The molecule has 0 spiro atoms. The van der Waals surface area contributed by atoms with Crippen LogP contribution in [0.1, 0.15) is 38.1 Å². The van der Waals surface area contributed by atoms with Crippen molar-refractivity contribution in [2.45, 2.75) is 27.7 Å². The summed E-state index contributed by atoms with van der Waals surface area (Å²) in [7, 11) is 0. The van der Waals surface area contributed by atoms with Crippen LogP contribution in [0.5, 0.6) is 0 Å². The number of nitro benzene ring substituents is 1. The Morgan fingerprint density at radius 2 is 1.36 bits per heavy atom. The van der Waals surface area contributed by atoms with Crippen molar-refractivity contribution >= 4 is 46.1 Å². The Kier molecular flexibility index (Phi) is 17.8. The van der Waals surface area contributed by atoms with E-state index in [0.717, 1.165) is 19.9 Å². The number of nitro groups is 1. The molecule has 134 valence electrons. The summed E-state index contributed by atoms with van der Waals surface area (Å²) >= 11 is 0. The van der Waals surface area contributed by atoms with Gasteiger partial charge < -0.3 is 10.2 Å². The summed E-state index contributed by atoms with van der Waals surface area (Å²) in [5.41, 5.74) is -0.632. The molecule has 0 unspecified atom stereocenters. The van der Waals surface area contributed by atoms with E-state index in [1.165, 1.54) is 18.2 Å². The zero-order valence-electron chi connectivity index (χ0n) is 14.8. The summed E-state index contributed by atoms with van der Waals surface area (Å²) < 4.78 is 0. The number of hydrogen-bond donors (Lipinski definition) is 0. The molecular weight excluding hydrogens is 342 g/mol. The van der Waals surface area contributed by atoms with Crippen LogP contribution in [-0.4, -0.2) is 58.5 Å². The number of nitrogens with zero attached hydrogens (tertiary/aromatic N) is 1. The van der Waals surface area contributed by atoms with E-state index < -0.39 is 33.9 Å². The smallest absolute Gasteiger partial charge is 0.855 e. The van der Waals surface area contributed by atoms with Gasteiger partial charge in [-0.05, 0) is 19.9 Å². The van der Waals surface area contributed by atoms with Crippen molar-refractivity contribution in [1.82, 2.24) is 0 Å². The van der Waals surface area contributed by atoms with Crippen LogP contribution in [0.15, 0.2) is 24.3 Å². The molecule has 1 aromatic rings. The van der Waals surface area contributed by atoms with Gasteiger partial charge in [-0.1, -0.05) is 26.0 Å². The fourth-order valence-electron chi connectivity index (χ4n) is 1.65. The first-order valence-electron chi connectivity index (χ1n) is 7.14. The number of carbonyl (C=O) groups excluding carboxylic acids is 3. The molecule has 0 saturated heterocycles.